The van der Waals surface area contributed by atoms with Gasteiger partial charge in [0.05, 0.1) is 13.2 Å². The van der Waals surface area contributed by atoms with Gasteiger partial charge in [0, 0.05) is 29.8 Å². The number of anilines is 1. The molecule has 0 atom stereocenters. The molecule has 0 bridgehead atoms. The van der Waals surface area contributed by atoms with E-state index in [9.17, 15) is 4.79 Å². The number of aromatic nitrogens is 1. The van der Waals surface area contributed by atoms with Gasteiger partial charge in [-0.3, -0.25) is 4.79 Å². The van der Waals surface area contributed by atoms with E-state index in [0.29, 0.717) is 11.4 Å². The Morgan fingerprint density at radius 1 is 1.29 bits per heavy atom. The van der Waals surface area contributed by atoms with Crippen molar-refractivity contribution in [2.24, 2.45) is 5.84 Å². The summed E-state index contributed by atoms with van der Waals surface area (Å²) >= 11 is 0. The third kappa shape index (κ3) is 4.66. The first-order chi connectivity index (χ1) is 9.83. The number of aliphatic hydroxyl groups excluding tert-OH is 2. The fourth-order valence-corrected chi connectivity index (χ4v) is 1.85. The summed E-state index contributed by atoms with van der Waals surface area (Å²) in [6, 6.07) is 3.27. The number of pyridine rings is 1. The Balaban J connectivity index is 3.18. The molecule has 1 heterocycles. The van der Waals surface area contributed by atoms with Crippen molar-refractivity contribution in [2.75, 3.05) is 31.7 Å². The van der Waals surface area contributed by atoms with Crippen LogP contribution in [0.3, 0.4) is 0 Å². The highest BCUT2D eigenvalue weighted by Gasteiger charge is 2.21. The van der Waals surface area contributed by atoms with Crippen LogP contribution in [0.5, 0.6) is 0 Å². The molecule has 0 radical (unpaired) electrons. The second-order valence-electron chi connectivity index (χ2n) is 5.76. The lowest BCUT2D eigenvalue weighted by atomic mass is 9.90. The number of nitrogens with zero attached hydrogens (tertiary/aromatic N) is 2. The Labute approximate surface area is 124 Å². The predicted molar refractivity (Wildman–Crippen MR) is 80.8 cm³/mol. The summed E-state index contributed by atoms with van der Waals surface area (Å²) < 4.78 is 0. The second kappa shape index (κ2) is 7.35. The van der Waals surface area contributed by atoms with Gasteiger partial charge >= 0.3 is 0 Å². The zero-order valence-corrected chi connectivity index (χ0v) is 12.8. The molecule has 0 aromatic carbocycles. The van der Waals surface area contributed by atoms with Crippen LogP contribution < -0.4 is 11.3 Å². The Morgan fingerprint density at radius 2 is 1.86 bits per heavy atom. The van der Waals surface area contributed by atoms with Crippen LogP contribution in [0.4, 0.5) is 5.82 Å². The Kier molecular flexibility index (Phi) is 6.07. The van der Waals surface area contributed by atoms with Gasteiger partial charge in [-0.15, -0.1) is 0 Å². The van der Waals surface area contributed by atoms with Gasteiger partial charge in [0.25, 0.3) is 5.91 Å². The SMILES string of the molecule is CC(C)(C)c1cc(C(=O)N(CCO)CCO)cc(NN)n1. The first kappa shape index (κ1) is 17.4. The third-order valence-electron chi connectivity index (χ3n) is 3.02. The van der Waals surface area contributed by atoms with Crippen molar-refractivity contribution in [3.05, 3.63) is 23.4 Å². The quantitative estimate of drug-likeness (QED) is 0.437. The number of aliphatic hydroxyl groups is 2. The zero-order valence-electron chi connectivity index (χ0n) is 12.8. The fourth-order valence-electron chi connectivity index (χ4n) is 1.85. The van der Waals surface area contributed by atoms with Crippen LogP contribution in [0.2, 0.25) is 0 Å². The first-order valence-corrected chi connectivity index (χ1v) is 6.83. The Hall–Kier alpha value is -1.70. The number of nitrogen functional groups attached to an aromatic ring is 1. The molecular formula is C14H24N4O3. The molecule has 7 heteroatoms. The standard InChI is InChI=1S/C14H24N4O3/c1-14(2,3)11-8-10(9-12(16-11)17-15)13(21)18(4-6-19)5-7-20/h8-9,19-20H,4-7,15H2,1-3H3,(H,16,17). The van der Waals surface area contributed by atoms with Crippen molar-refractivity contribution in [1.82, 2.24) is 9.88 Å². The van der Waals surface area contributed by atoms with Crippen molar-refractivity contribution in [1.29, 1.82) is 0 Å². The van der Waals surface area contributed by atoms with Gasteiger partial charge in [-0.1, -0.05) is 20.8 Å². The van der Waals surface area contributed by atoms with E-state index in [2.05, 4.69) is 10.4 Å². The molecule has 1 aromatic rings. The molecule has 0 saturated carbocycles. The number of amides is 1. The van der Waals surface area contributed by atoms with E-state index in [4.69, 9.17) is 16.1 Å². The fraction of sp³-hybridized carbons (Fsp3) is 0.571. The predicted octanol–water partition coefficient (Wildman–Crippen LogP) is 0.0915. The van der Waals surface area contributed by atoms with Gasteiger partial charge in [-0.25, -0.2) is 10.8 Å². The zero-order chi connectivity index (χ0) is 16.0. The van der Waals surface area contributed by atoms with Gasteiger partial charge < -0.3 is 20.5 Å². The van der Waals surface area contributed by atoms with E-state index >= 15 is 0 Å². The molecule has 0 fully saturated rings. The topological polar surface area (TPSA) is 112 Å². The van der Waals surface area contributed by atoms with Gasteiger partial charge in [-0.05, 0) is 12.1 Å². The van der Waals surface area contributed by atoms with Crippen LogP contribution >= 0.6 is 0 Å². The molecule has 118 valence electrons. The molecule has 0 spiro atoms. The molecule has 1 aromatic heterocycles. The summed E-state index contributed by atoms with van der Waals surface area (Å²) in [6.07, 6.45) is 0. The van der Waals surface area contributed by atoms with Crippen LogP contribution in [0.15, 0.2) is 12.1 Å². The van der Waals surface area contributed by atoms with E-state index in [-0.39, 0.29) is 37.6 Å². The largest absolute Gasteiger partial charge is 0.395 e. The molecule has 5 N–H and O–H groups in total. The van der Waals surface area contributed by atoms with Crippen LogP contribution in [-0.2, 0) is 5.41 Å². The minimum absolute atomic E-state index is 0.162. The van der Waals surface area contributed by atoms with Crippen LogP contribution in [0.25, 0.3) is 0 Å². The van der Waals surface area contributed by atoms with Crippen LogP contribution in [-0.4, -0.2) is 52.3 Å². The molecule has 0 aliphatic rings. The van der Waals surface area contributed by atoms with Crippen molar-refractivity contribution in [3.8, 4) is 0 Å². The number of nitrogens with two attached hydrogens (primary N) is 1. The van der Waals surface area contributed by atoms with Gasteiger partial charge in [0.1, 0.15) is 5.82 Å². The number of rotatable bonds is 6. The maximum atomic E-state index is 12.5. The molecule has 0 saturated heterocycles. The Bertz CT molecular complexity index is 480. The lowest BCUT2D eigenvalue weighted by Crippen LogP contribution is -2.36. The van der Waals surface area contributed by atoms with E-state index in [1.165, 1.54) is 4.90 Å². The van der Waals surface area contributed by atoms with Crippen molar-refractivity contribution in [2.45, 2.75) is 26.2 Å². The highest BCUT2D eigenvalue weighted by Crippen LogP contribution is 2.23. The average Bonchev–Trinajstić information content (AvgIpc) is 2.44. The normalized spacial score (nSPS) is 11.3. The van der Waals surface area contributed by atoms with E-state index in [1.54, 1.807) is 12.1 Å². The summed E-state index contributed by atoms with van der Waals surface area (Å²) in [4.78, 5) is 18.2. The summed E-state index contributed by atoms with van der Waals surface area (Å²) in [7, 11) is 0. The molecule has 0 unspecified atom stereocenters. The molecule has 7 nitrogen and oxygen atoms in total. The Morgan fingerprint density at radius 3 is 2.29 bits per heavy atom. The minimum Gasteiger partial charge on any atom is -0.395 e. The number of nitrogens with one attached hydrogen (secondary N) is 1. The van der Waals surface area contributed by atoms with E-state index < -0.39 is 0 Å². The smallest absolute Gasteiger partial charge is 0.254 e. The number of carbonyl (C=O) groups excluding carboxylic acids is 1. The van der Waals surface area contributed by atoms with Gasteiger partial charge in [0.2, 0.25) is 0 Å². The summed E-state index contributed by atoms with van der Waals surface area (Å²) in [5.41, 5.74) is 3.37. The third-order valence-corrected chi connectivity index (χ3v) is 3.02. The molecule has 1 rings (SSSR count). The van der Waals surface area contributed by atoms with Crippen LogP contribution in [0, 0.1) is 0 Å². The number of hydrogen-bond donors (Lipinski definition) is 4. The molecule has 1 amide bonds. The minimum atomic E-state index is -0.275. The van der Waals surface area contributed by atoms with Crippen molar-refractivity contribution >= 4 is 11.7 Å². The first-order valence-electron chi connectivity index (χ1n) is 6.83. The molecule has 0 aliphatic heterocycles. The number of carbonyl (C=O) groups is 1. The lowest BCUT2D eigenvalue weighted by molar-refractivity contribution is 0.0684. The van der Waals surface area contributed by atoms with Crippen molar-refractivity contribution < 1.29 is 15.0 Å². The second-order valence-corrected chi connectivity index (χ2v) is 5.76. The maximum Gasteiger partial charge on any atom is 0.254 e. The monoisotopic (exact) mass is 296 g/mol. The van der Waals surface area contributed by atoms with Gasteiger partial charge in [0.15, 0.2) is 0 Å². The van der Waals surface area contributed by atoms with E-state index in [1.807, 2.05) is 20.8 Å². The molecule has 0 aliphatic carbocycles. The van der Waals surface area contributed by atoms with Crippen molar-refractivity contribution in [3.63, 3.8) is 0 Å². The lowest BCUT2D eigenvalue weighted by Gasteiger charge is -2.23. The summed E-state index contributed by atoms with van der Waals surface area (Å²) in [6.45, 7) is 5.97. The average molecular weight is 296 g/mol. The highest BCUT2D eigenvalue weighted by atomic mass is 16.3. The highest BCUT2D eigenvalue weighted by molar-refractivity contribution is 5.95. The van der Waals surface area contributed by atoms with Crippen LogP contribution in [0.1, 0.15) is 36.8 Å². The summed E-state index contributed by atoms with van der Waals surface area (Å²) in [5, 5.41) is 18.0. The summed E-state index contributed by atoms with van der Waals surface area (Å²) in [5.74, 6) is 5.53. The number of hydrazine groups is 1. The van der Waals surface area contributed by atoms with Gasteiger partial charge in [-0.2, -0.15) is 0 Å². The molecular weight excluding hydrogens is 272 g/mol. The number of hydrogen-bond acceptors (Lipinski definition) is 6. The van der Waals surface area contributed by atoms with E-state index in [0.717, 1.165) is 5.69 Å². The molecule has 21 heavy (non-hydrogen) atoms. The maximum absolute atomic E-state index is 12.5.